The largest absolute Gasteiger partial charge is 0.499 e. The minimum Gasteiger partial charge on any atom is -0.496 e. The molecule has 0 saturated carbocycles. The standard InChI is InChI=1S/C17H14F5N3O2S/c1-9-7-23-10(5-14(9)26-2)8-28-15-24-12-4-3-11(6-13(12)25-15)27-17(21,22)16(18,19)20/h3-7H,8H2,1-2H3,(H,24,25). The Morgan fingerprint density at radius 3 is 2.57 bits per heavy atom. The van der Waals surface area contributed by atoms with Gasteiger partial charge in [0.15, 0.2) is 5.16 Å². The minimum atomic E-state index is -5.81. The Hall–Kier alpha value is -2.56. The molecule has 28 heavy (non-hydrogen) atoms. The number of aromatic nitrogens is 3. The fraction of sp³-hybridized carbons (Fsp3) is 0.294. The Kier molecular flexibility index (Phi) is 5.37. The lowest BCUT2D eigenvalue weighted by molar-refractivity contribution is -0.360. The number of thioether (sulfide) groups is 1. The molecule has 0 aliphatic heterocycles. The van der Waals surface area contributed by atoms with E-state index in [1.807, 2.05) is 6.92 Å². The van der Waals surface area contributed by atoms with Crippen molar-refractivity contribution in [3.8, 4) is 11.5 Å². The third-order valence-corrected chi connectivity index (χ3v) is 4.60. The van der Waals surface area contributed by atoms with E-state index in [4.69, 9.17) is 4.74 Å². The first-order valence-electron chi connectivity index (χ1n) is 7.84. The predicted octanol–water partition coefficient (Wildman–Crippen LogP) is 5.10. The van der Waals surface area contributed by atoms with Crippen LogP contribution in [0.25, 0.3) is 11.0 Å². The zero-order valence-electron chi connectivity index (χ0n) is 14.6. The summed E-state index contributed by atoms with van der Waals surface area (Å²) in [6.45, 7) is 1.87. The third-order valence-electron chi connectivity index (χ3n) is 3.70. The van der Waals surface area contributed by atoms with Crippen LogP contribution in [0.4, 0.5) is 22.0 Å². The van der Waals surface area contributed by atoms with Crippen LogP contribution in [0.2, 0.25) is 0 Å². The molecule has 11 heteroatoms. The van der Waals surface area contributed by atoms with Crippen LogP contribution in [-0.4, -0.2) is 34.3 Å². The highest BCUT2D eigenvalue weighted by atomic mass is 32.2. The third kappa shape index (κ3) is 4.29. The molecule has 0 aliphatic rings. The summed E-state index contributed by atoms with van der Waals surface area (Å²) in [5, 5.41) is 0.455. The van der Waals surface area contributed by atoms with Crippen LogP contribution in [0.1, 0.15) is 11.3 Å². The Bertz CT molecular complexity index is 991. The lowest BCUT2D eigenvalue weighted by Crippen LogP contribution is -2.41. The molecular weight excluding hydrogens is 405 g/mol. The number of halogens is 5. The van der Waals surface area contributed by atoms with Crippen molar-refractivity contribution in [3.63, 3.8) is 0 Å². The number of benzene rings is 1. The molecule has 1 aromatic carbocycles. The van der Waals surface area contributed by atoms with Gasteiger partial charge in [0.05, 0.1) is 23.8 Å². The van der Waals surface area contributed by atoms with Gasteiger partial charge in [0.2, 0.25) is 0 Å². The van der Waals surface area contributed by atoms with E-state index in [2.05, 4.69) is 19.7 Å². The number of hydrogen-bond donors (Lipinski definition) is 1. The Morgan fingerprint density at radius 2 is 1.89 bits per heavy atom. The second-order valence-corrected chi connectivity index (χ2v) is 6.74. The predicted molar refractivity (Wildman–Crippen MR) is 92.8 cm³/mol. The van der Waals surface area contributed by atoms with E-state index in [0.29, 0.717) is 22.2 Å². The maximum absolute atomic E-state index is 13.0. The van der Waals surface area contributed by atoms with Gasteiger partial charge < -0.3 is 14.5 Å². The number of hydrogen-bond acceptors (Lipinski definition) is 5. The second-order valence-electron chi connectivity index (χ2n) is 5.77. The smallest absolute Gasteiger partial charge is 0.496 e. The molecule has 0 spiro atoms. The summed E-state index contributed by atoms with van der Waals surface area (Å²) in [5.74, 6) is 0.511. The van der Waals surface area contributed by atoms with Crippen molar-refractivity contribution in [1.82, 2.24) is 15.0 Å². The molecule has 150 valence electrons. The van der Waals surface area contributed by atoms with Gasteiger partial charge in [0, 0.05) is 29.6 Å². The first kappa shape index (κ1) is 20.2. The molecule has 5 nitrogen and oxygen atoms in total. The molecule has 2 heterocycles. The molecule has 0 bridgehead atoms. The number of aromatic amines is 1. The monoisotopic (exact) mass is 419 g/mol. The molecular formula is C17H14F5N3O2S. The van der Waals surface area contributed by atoms with Crippen LogP contribution < -0.4 is 9.47 Å². The van der Waals surface area contributed by atoms with Gasteiger partial charge in [0.25, 0.3) is 0 Å². The van der Waals surface area contributed by atoms with E-state index >= 15 is 0 Å². The van der Waals surface area contributed by atoms with Gasteiger partial charge in [0.1, 0.15) is 11.5 Å². The van der Waals surface area contributed by atoms with E-state index in [1.165, 1.54) is 17.8 Å². The highest BCUT2D eigenvalue weighted by Gasteiger charge is 2.61. The second kappa shape index (κ2) is 7.46. The molecule has 3 aromatic rings. The fourth-order valence-electron chi connectivity index (χ4n) is 2.29. The quantitative estimate of drug-likeness (QED) is 0.445. The van der Waals surface area contributed by atoms with E-state index in [9.17, 15) is 22.0 Å². The van der Waals surface area contributed by atoms with E-state index in [1.54, 1.807) is 19.4 Å². The number of ether oxygens (including phenoxy) is 2. The number of rotatable bonds is 6. The molecule has 3 rings (SSSR count). The average Bonchev–Trinajstić information content (AvgIpc) is 3.02. The summed E-state index contributed by atoms with van der Waals surface area (Å²) < 4.78 is 71.9. The number of imidazole rings is 1. The van der Waals surface area contributed by atoms with Crippen molar-refractivity contribution in [2.24, 2.45) is 0 Å². The highest BCUT2D eigenvalue weighted by molar-refractivity contribution is 7.98. The lowest BCUT2D eigenvalue weighted by atomic mass is 10.2. The summed E-state index contributed by atoms with van der Waals surface area (Å²) in [5.41, 5.74) is 2.30. The zero-order chi connectivity index (χ0) is 20.5. The van der Waals surface area contributed by atoms with Gasteiger partial charge in [-0.05, 0) is 19.1 Å². The molecule has 0 aliphatic carbocycles. The van der Waals surface area contributed by atoms with Crippen molar-refractivity contribution in [2.45, 2.75) is 30.1 Å². The van der Waals surface area contributed by atoms with Crippen LogP contribution in [0.15, 0.2) is 35.6 Å². The minimum absolute atomic E-state index is 0.201. The van der Waals surface area contributed by atoms with E-state index < -0.39 is 18.0 Å². The summed E-state index contributed by atoms with van der Waals surface area (Å²) >= 11 is 1.29. The number of alkyl halides is 5. The number of pyridine rings is 1. The van der Waals surface area contributed by atoms with Crippen molar-refractivity contribution in [3.05, 3.63) is 41.7 Å². The van der Waals surface area contributed by atoms with Gasteiger partial charge in [-0.15, -0.1) is 0 Å². The molecule has 0 amide bonds. The summed E-state index contributed by atoms with van der Waals surface area (Å²) in [6, 6.07) is 5.14. The van der Waals surface area contributed by atoms with Gasteiger partial charge in [-0.3, -0.25) is 4.98 Å². The van der Waals surface area contributed by atoms with Crippen LogP contribution >= 0.6 is 11.8 Å². The van der Waals surface area contributed by atoms with Crippen molar-refractivity contribution >= 4 is 22.8 Å². The highest BCUT2D eigenvalue weighted by Crippen LogP contribution is 2.38. The normalized spacial score (nSPS) is 12.4. The zero-order valence-corrected chi connectivity index (χ0v) is 15.4. The number of methoxy groups -OCH3 is 1. The Morgan fingerprint density at radius 1 is 1.14 bits per heavy atom. The van der Waals surface area contributed by atoms with E-state index in [-0.39, 0.29) is 5.52 Å². The first-order valence-corrected chi connectivity index (χ1v) is 8.83. The molecule has 0 saturated heterocycles. The fourth-order valence-corrected chi connectivity index (χ4v) is 3.07. The number of H-pyrrole nitrogens is 1. The Balaban J connectivity index is 1.74. The van der Waals surface area contributed by atoms with Crippen LogP contribution in [0.3, 0.4) is 0 Å². The number of nitrogens with one attached hydrogen (secondary N) is 1. The summed E-state index contributed by atoms with van der Waals surface area (Å²) in [7, 11) is 1.56. The van der Waals surface area contributed by atoms with Crippen molar-refractivity contribution in [2.75, 3.05) is 7.11 Å². The molecule has 0 radical (unpaired) electrons. The molecule has 2 aromatic heterocycles. The van der Waals surface area contributed by atoms with Gasteiger partial charge >= 0.3 is 12.3 Å². The van der Waals surface area contributed by atoms with E-state index in [0.717, 1.165) is 23.4 Å². The van der Waals surface area contributed by atoms with Gasteiger partial charge in [-0.1, -0.05) is 11.8 Å². The number of nitrogens with zero attached hydrogens (tertiary/aromatic N) is 2. The van der Waals surface area contributed by atoms with Crippen LogP contribution in [-0.2, 0) is 5.75 Å². The molecule has 1 N–H and O–H groups in total. The average molecular weight is 419 g/mol. The topological polar surface area (TPSA) is 60.0 Å². The lowest BCUT2D eigenvalue weighted by Gasteiger charge is -2.19. The van der Waals surface area contributed by atoms with Crippen molar-refractivity contribution < 1.29 is 31.4 Å². The van der Waals surface area contributed by atoms with Crippen LogP contribution in [0.5, 0.6) is 11.5 Å². The molecule has 0 unspecified atom stereocenters. The number of fused-ring (bicyclic) bond motifs is 1. The summed E-state index contributed by atoms with van der Waals surface area (Å²) in [4.78, 5) is 11.4. The summed E-state index contributed by atoms with van der Waals surface area (Å²) in [6.07, 6.45) is -9.42. The molecule has 0 fully saturated rings. The maximum Gasteiger partial charge on any atom is 0.499 e. The maximum atomic E-state index is 13.0. The first-order chi connectivity index (χ1) is 13.1. The SMILES string of the molecule is COc1cc(CSc2nc3cc(OC(F)(F)C(F)(F)F)ccc3[nH]2)ncc1C. The van der Waals surface area contributed by atoms with Gasteiger partial charge in [-0.2, -0.15) is 22.0 Å². The Labute approximate surface area is 160 Å². The van der Waals surface area contributed by atoms with Crippen molar-refractivity contribution in [1.29, 1.82) is 0 Å². The van der Waals surface area contributed by atoms with Gasteiger partial charge in [-0.25, -0.2) is 4.98 Å². The number of aryl methyl sites for hydroxylation is 1. The molecule has 0 atom stereocenters. The van der Waals surface area contributed by atoms with Crippen LogP contribution in [0, 0.1) is 6.92 Å².